The second kappa shape index (κ2) is 6.54. The highest BCUT2D eigenvalue weighted by Crippen LogP contribution is 2.45. The molecule has 4 nitrogen and oxygen atoms in total. The fourth-order valence-corrected chi connectivity index (χ4v) is 2.59. The first-order chi connectivity index (χ1) is 9.97. The molecule has 1 unspecified atom stereocenters. The maximum Gasteiger partial charge on any atom is 0.241 e. The third kappa shape index (κ3) is 4.02. The topological polar surface area (TPSA) is 41.6 Å². The van der Waals surface area contributed by atoms with Crippen molar-refractivity contribution in [2.75, 3.05) is 34.4 Å². The van der Waals surface area contributed by atoms with Crippen molar-refractivity contribution in [1.29, 1.82) is 0 Å². The largest absolute Gasteiger partial charge is 0.384 e. The molecular formula is C16H23FN2O2. The maximum absolute atomic E-state index is 13.4. The number of halogens is 1. The van der Waals surface area contributed by atoms with Gasteiger partial charge in [0.25, 0.3) is 0 Å². The molecule has 1 aromatic carbocycles. The number of ether oxygens (including phenoxy) is 1. The molecule has 0 spiro atoms. The molecule has 1 aliphatic rings. The zero-order chi connectivity index (χ0) is 15.5. The van der Waals surface area contributed by atoms with Crippen LogP contribution < -0.4 is 5.32 Å². The van der Waals surface area contributed by atoms with E-state index in [1.165, 1.54) is 12.1 Å². The number of nitrogens with one attached hydrogen (secondary N) is 1. The highest BCUT2D eigenvalue weighted by molar-refractivity contribution is 5.83. The molecule has 0 aromatic heterocycles. The summed E-state index contributed by atoms with van der Waals surface area (Å²) in [5, 5.41) is 2.99. The van der Waals surface area contributed by atoms with E-state index >= 15 is 0 Å². The molecule has 1 amide bonds. The minimum atomic E-state index is -0.487. The summed E-state index contributed by atoms with van der Waals surface area (Å²) >= 11 is 0. The average molecular weight is 294 g/mol. The van der Waals surface area contributed by atoms with Crippen LogP contribution in [0.5, 0.6) is 0 Å². The predicted octanol–water partition coefficient (Wildman–Crippen LogP) is 1.97. The number of nitrogens with zero attached hydrogens (tertiary/aromatic N) is 1. The Bertz CT molecular complexity index is 501. The summed E-state index contributed by atoms with van der Waals surface area (Å²) in [5.41, 5.74) is 0.762. The van der Waals surface area contributed by atoms with Gasteiger partial charge in [0.1, 0.15) is 11.9 Å². The zero-order valence-corrected chi connectivity index (χ0v) is 12.9. The molecule has 0 saturated heterocycles. The normalized spacial score (nSPS) is 17.6. The summed E-state index contributed by atoms with van der Waals surface area (Å²) in [4.78, 5) is 14.3. The fourth-order valence-electron chi connectivity index (χ4n) is 2.59. The van der Waals surface area contributed by atoms with Crippen LogP contribution in [0.1, 0.15) is 24.4 Å². The van der Waals surface area contributed by atoms with Gasteiger partial charge >= 0.3 is 0 Å². The fraction of sp³-hybridized carbons (Fsp3) is 0.562. The van der Waals surface area contributed by atoms with E-state index in [-0.39, 0.29) is 17.1 Å². The number of benzene rings is 1. The summed E-state index contributed by atoms with van der Waals surface area (Å²) in [6, 6.07) is 5.70. The third-order valence-electron chi connectivity index (χ3n) is 3.97. The van der Waals surface area contributed by atoms with Crippen molar-refractivity contribution in [3.05, 3.63) is 35.6 Å². The monoisotopic (exact) mass is 294 g/mol. The third-order valence-corrected chi connectivity index (χ3v) is 3.97. The van der Waals surface area contributed by atoms with Gasteiger partial charge in [-0.25, -0.2) is 4.39 Å². The Morgan fingerprint density at radius 2 is 2.19 bits per heavy atom. The van der Waals surface area contributed by atoms with Gasteiger partial charge in [-0.15, -0.1) is 0 Å². The lowest BCUT2D eigenvalue weighted by Crippen LogP contribution is -2.40. The molecule has 5 heteroatoms. The molecule has 1 aromatic rings. The molecule has 0 aliphatic heterocycles. The quantitative estimate of drug-likeness (QED) is 0.836. The summed E-state index contributed by atoms with van der Waals surface area (Å²) < 4.78 is 18.6. The van der Waals surface area contributed by atoms with Crippen LogP contribution in [0.15, 0.2) is 24.3 Å². The number of likely N-dealkylation sites (N-methyl/N-ethyl adjacent to an activating group) is 1. The van der Waals surface area contributed by atoms with Crippen LogP contribution in [0.4, 0.5) is 4.39 Å². The van der Waals surface area contributed by atoms with E-state index in [4.69, 9.17) is 4.74 Å². The van der Waals surface area contributed by atoms with Gasteiger partial charge in [-0.2, -0.15) is 0 Å². The van der Waals surface area contributed by atoms with Gasteiger partial charge in [-0.3, -0.25) is 9.69 Å². The first-order valence-electron chi connectivity index (χ1n) is 7.16. The molecule has 116 valence electrons. The van der Waals surface area contributed by atoms with Gasteiger partial charge in [-0.1, -0.05) is 12.1 Å². The summed E-state index contributed by atoms with van der Waals surface area (Å²) in [7, 11) is 5.31. The van der Waals surface area contributed by atoms with Crippen molar-refractivity contribution in [3.8, 4) is 0 Å². The molecule has 1 fully saturated rings. The molecule has 1 saturated carbocycles. The van der Waals surface area contributed by atoms with E-state index in [2.05, 4.69) is 5.32 Å². The average Bonchev–Trinajstić information content (AvgIpc) is 3.17. The highest BCUT2D eigenvalue weighted by atomic mass is 19.1. The van der Waals surface area contributed by atoms with Crippen LogP contribution in [0.25, 0.3) is 0 Å². The maximum atomic E-state index is 13.4. The van der Waals surface area contributed by atoms with Crippen LogP contribution in [0, 0.1) is 11.2 Å². The van der Waals surface area contributed by atoms with Gasteiger partial charge in [0, 0.05) is 19.1 Å². The second-order valence-electron chi connectivity index (χ2n) is 6.07. The molecule has 0 heterocycles. The standard InChI is InChI=1S/C16H23FN2O2/c1-19(2)14(12-5-4-6-13(17)9-12)15(20)18-10-16(7-8-16)11-21-3/h4-6,9,14H,7-8,10-11H2,1-3H3,(H,18,20). The van der Waals surface area contributed by atoms with Gasteiger partial charge < -0.3 is 10.1 Å². The molecular weight excluding hydrogens is 271 g/mol. The number of amides is 1. The van der Waals surface area contributed by atoms with Crippen LogP contribution in [0.3, 0.4) is 0 Å². The van der Waals surface area contributed by atoms with Gasteiger partial charge in [0.05, 0.1) is 6.61 Å². The van der Waals surface area contributed by atoms with Gasteiger partial charge in [-0.05, 0) is 44.6 Å². The minimum absolute atomic E-state index is 0.100. The Morgan fingerprint density at radius 3 is 2.71 bits per heavy atom. The Hall–Kier alpha value is -1.46. The number of carbonyl (C=O) groups excluding carboxylic acids is 1. The van der Waals surface area contributed by atoms with Gasteiger partial charge in [0.2, 0.25) is 5.91 Å². The molecule has 1 N–H and O–H groups in total. The Morgan fingerprint density at radius 1 is 1.48 bits per heavy atom. The van der Waals surface area contributed by atoms with Crippen LogP contribution in [-0.2, 0) is 9.53 Å². The van der Waals surface area contributed by atoms with E-state index in [1.807, 2.05) is 14.1 Å². The first-order valence-corrected chi connectivity index (χ1v) is 7.16. The molecule has 1 aliphatic carbocycles. The zero-order valence-electron chi connectivity index (χ0n) is 12.9. The summed E-state index contributed by atoms with van der Waals surface area (Å²) in [6.45, 7) is 1.28. The Labute approximate surface area is 125 Å². The number of hydrogen-bond donors (Lipinski definition) is 1. The predicted molar refractivity (Wildman–Crippen MR) is 79.4 cm³/mol. The van der Waals surface area contributed by atoms with Crippen molar-refractivity contribution in [3.63, 3.8) is 0 Å². The number of methoxy groups -OCH3 is 1. The lowest BCUT2D eigenvalue weighted by molar-refractivity contribution is -0.126. The number of carbonyl (C=O) groups is 1. The van der Waals surface area contributed by atoms with Crippen molar-refractivity contribution >= 4 is 5.91 Å². The first kappa shape index (κ1) is 15.9. The lowest BCUT2D eigenvalue weighted by atomic mass is 10.0. The van der Waals surface area contributed by atoms with Crippen molar-refractivity contribution in [2.45, 2.75) is 18.9 Å². The lowest BCUT2D eigenvalue weighted by Gasteiger charge is -2.25. The van der Waals surface area contributed by atoms with E-state index in [0.717, 1.165) is 12.8 Å². The minimum Gasteiger partial charge on any atom is -0.384 e. The molecule has 21 heavy (non-hydrogen) atoms. The second-order valence-corrected chi connectivity index (χ2v) is 6.07. The number of rotatable bonds is 7. The van der Waals surface area contributed by atoms with E-state index < -0.39 is 6.04 Å². The van der Waals surface area contributed by atoms with Crippen LogP contribution in [-0.4, -0.2) is 45.2 Å². The highest BCUT2D eigenvalue weighted by Gasteiger charge is 2.43. The van der Waals surface area contributed by atoms with Crippen molar-refractivity contribution in [2.24, 2.45) is 5.41 Å². The van der Waals surface area contributed by atoms with E-state index in [9.17, 15) is 9.18 Å². The Balaban J connectivity index is 2.03. The van der Waals surface area contributed by atoms with Gasteiger partial charge in [0.15, 0.2) is 0 Å². The van der Waals surface area contributed by atoms with Crippen molar-refractivity contribution < 1.29 is 13.9 Å². The summed E-state index contributed by atoms with van der Waals surface area (Å²) in [6.07, 6.45) is 2.15. The van der Waals surface area contributed by atoms with Crippen LogP contribution in [0.2, 0.25) is 0 Å². The SMILES string of the molecule is COCC1(CNC(=O)C(c2cccc(F)c2)N(C)C)CC1. The molecule has 1 atom stereocenters. The Kier molecular flexibility index (Phi) is 4.96. The number of hydrogen-bond acceptors (Lipinski definition) is 3. The van der Waals surface area contributed by atoms with E-state index in [0.29, 0.717) is 18.7 Å². The summed E-state index contributed by atoms with van der Waals surface area (Å²) in [5.74, 6) is -0.432. The van der Waals surface area contributed by atoms with Crippen LogP contribution >= 0.6 is 0 Å². The van der Waals surface area contributed by atoms with Crippen molar-refractivity contribution in [1.82, 2.24) is 10.2 Å². The molecule has 2 rings (SSSR count). The van der Waals surface area contributed by atoms with E-state index in [1.54, 1.807) is 24.1 Å². The molecule has 0 radical (unpaired) electrons. The molecule has 0 bridgehead atoms. The smallest absolute Gasteiger partial charge is 0.241 e.